The lowest BCUT2D eigenvalue weighted by molar-refractivity contribution is -0.338. The zero-order valence-corrected chi connectivity index (χ0v) is 79.2. The van der Waals surface area contributed by atoms with Gasteiger partial charge >= 0.3 is 0 Å². The molecule has 0 unspecified atom stereocenters. The van der Waals surface area contributed by atoms with Crippen LogP contribution in [0.25, 0.3) is 0 Å². The smallest absolute Gasteiger partial charge is 0.251 e. The van der Waals surface area contributed by atoms with Gasteiger partial charge in [-0.05, 0) is 115 Å². The summed E-state index contributed by atoms with van der Waals surface area (Å²) in [4.78, 5) is 114. The number of ether oxygens (including phenoxy) is 16. The van der Waals surface area contributed by atoms with E-state index in [1.54, 1.807) is 9.80 Å². The number of aliphatic hydroxyl groups is 10. The fourth-order valence-electron chi connectivity index (χ4n) is 20.2. The van der Waals surface area contributed by atoms with Gasteiger partial charge in [0.1, 0.15) is 111 Å². The van der Waals surface area contributed by atoms with Crippen LogP contribution in [0.5, 0.6) is 0 Å². The van der Waals surface area contributed by atoms with Crippen molar-refractivity contribution in [3.05, 3.63) is 0 Å². The fourth-order valence-corrected chi connectivity index (χ4v) is 20.2. The van der Waals surface area contributed by atoms with Gasteiger partial charge < -0.3 is 169 Å². The Balaban J connectivity index is 0.798. The van der Waals surface area contributed by atoms with Crippen LogP contribution < -0.4 is 31.9 Å². The number of rotatable bonds is 51. The SMILES string of the molecule is CC[C@H]1C[C@@H](C(=O)NCCOCCNC(C)=O)C[C@@H](O[C@@H]2O[C@H](CO)[C@H](O)[C@H](O[C@@H](CC3CCCCC3)C(=O)N3CCCCC3)[C@H]2NC(=O)COCCOCCOCCOCC(=O)N[C@H]2[C@H](O[C@@H]3C[C@H](C(=O)NCCOCCNC(C)=O)C[C@H](CC)[C@H]3O[C@@H]3O[C@@H](C)[C@@H](O)[C@@H](O)[C@@H]3O)O[C@H](CO)[C@H](O)[C@@H]2O[C@@H](CC2CCCCC2)C(=O)N2CCCCC2)[C@@H]1O[C@@H]1O[C@@H](C)[C@@H](O)[C@@H](O)[C@@H]1O. The Morgan fingerprint density at radius 3 is 1.05 bits per heavy atom. The largest absolute Gasteiger partial charge is 0.394 e. The van der Waals surface area contributed by atoms with E-state index in [4.69, 9.17) is 75.8 Å². The fraction of sp³-hybridized carbons (Fsp3) is 0.913. The van der Waals surface area contributed by atoms with Crippen LogP contribution in [-0.2, 0) is 114 Å². The molecule has 8 amide bonds. The highest BCUT2D eigenvalue weighted by molar-refractivity contribution is 5.82. The number of amides is 8. The molecule has 30 atom stereocenters. The molecule has 6 aliphatic heterocycles. The second kappa shape index (κ2) is 57.6. The van der Waals surface area contributed by atoms with Crippen LogP contribution in [0.15, 0.2) is 0 Å². The number of nitrogens with one attached hydrogen (secondary N) is 6. The molecule has 4 aliphatic carbocycles. The highest BCUT2D eigenvalue weighted by atomic mass is 16.8. The first-order valence-electron chi connectivity index (χ1n) is 49.5. The Bertz CT molecular complexity index is 3260. The molecular formula is C92H158N8O34. The molecule has 0 radical (unpaired) electrons. The lowest BCUT2D eigenvalue weighted by Crippen LogP contribution is -2.68. The summed E-state index contributed by atoms with van der Waals surface area (Å²) < 4.78 is 101. The zero-order valence-electron chi connectivity index (χ0n) is 79.2. The summed E-state index contributed by atoms with van der Waals surface area (Å²) in [5.41, 5.74) is 0. The molecule has 0 bridgehead atoms. The second-order valence-electron chi connectivity index (χ2n) is 37.7. The van der Waals surface area contributed by atoms with Gasteiger partial charge in [0.15, 0.2) is 25.2 Å². The van der Waals surface area contributed by atoms with Gasteiger partial charge in [0.25, 0.3) is 11.8 Å². The van der Waals surface area contributed by atoms with Crippen LogP contribution in [0, 0.1) is 35.5 Å². The molecule has 6 saturated heterocycles. The number of hydrogen-bond acceptors (Lipinski definition) is 34. The maximum Gasteiger partial charge on any atom is 0.251 e. The number of carbonyl (C=O) groups is 8. The summed E-state index contributed by atoms with van der Waals surface area (Å²) in [6, 6.07) is -2.93. The minimum absolute atomic E-state index is 0.0300. The highest BCUT2D eigenvalue weighted by Gasteiger charge is 2.57. The lowest BCUT2D eigenvalue weighted by Gasteiger charge is -2.49. The lowest BCUT2D eigenvalue weighted by atomic mass is 9.75. The molecule has 0 aromatic heterocycles. The molecule has 6 heterocycles. The molecule has 134 heavy (non-hydrogen) atoms. The summed E-state index contributed by atoms with van der Waals surface area (Å²) in [7, 11) is 0. The normalized spacial score (nSPS) is 34.7. The van der Waals surface area contributed by atoms with Crippen molar-refractivity contribution >= 4 is 47.3 Å². The minimum atomic E-state index is -1.74. The third kappa shape index (κ3) is 33.2. The summed E-state index contributed by atoms with van der Waals surface area (Å²) in [5, 5.41) is 130. The zero-order chi connectivity index (χ0) is 96.3. The maximum absolute atomic E-state index is 14.9. The Hall–Kier alpha value is -5.28. The Labute approximate surface area is 786 Å². The van der Waals surface area contributed by atoms with Crippen molar-refractivity contribution in [3.63, 3.8) is 0 Å². The molecule has 4 saturated carbocycles. The van der Waals surface area contributed by atoms with Crippen LogP contribution in [0.3, 0.4) is 0 Å². The van der Waals surface area contributed by atoms with Crippen LogP contribution in [-0.4, -0.2) is 412 Å². The molecule has 0 aromatic carbocycles. The number of nitrogens with zero attached hydrogens (tertiary/aromatic N) is 2. The van der Waals surface area contributed by atoms with Crippen molar-refractivity contribution in [3.8, 4) is 0 Å². The van der Waals surface area contributed by atoms with Crippen molar-refractivity contribution in [2.24, 2.45) is 35.5 Å². The molecule has 42 nitrogen and oxygen atoms in total. The van der Waals surface area contributed by atoms with Gasteiger partial charge in [0.05, 0.1) is 116 Å². The predicted molar refractivity (Wildman–Crippen MR) is 473 cm³/mol. The average molecular weight is 1920 g/mol. The monoisotopic (exact) mass is 1920 g/mol. The predicted octanol–water partition coefficient (Wildman–Crippen LogP) is -1.74. The first kappa shape index (κ1) is 111. The molecule has 10 rings (SSSR count). The van der Waals surface area contributed by atoms with Gasteiger partial charge in [-0.2, -0.15) is 0 Å². The summed E-state index contributed by atoms with van der Waals surface area (Å²) >= 11 is 0. The molecular weight excluding hydrogens is 1760 g/mol. The van der Waals surface area contributed by atoms with Crippen LogP contribution in [0.1, 0.15) is 196 Å². The Morgan fingerprint density at radius 1 is 0.373 bits per heavy atom. The topological polar surface area (TPSA) is 565 Å². The van der Waals surface area contributed by atoms with Gasteiger partial charge in [-0.15, -0.1) is 0 Å². The number of aliphatic hydroxyl groups excluding tert-OH is 10. The van der Waals surface area contributed by atoms with E-state index in [9.17, 15) is 89.4 Å². The number of carbonyl (C=O) groups excluding carboxylic acids is 8. The molecule has 10 fully saturated rings. The van der Waals surface area contributed by atoms with E-state index in [1.807, 2.05) is 13.8 Å². The Morgan fingerprint density at radius 2 is 0.709 bits per heavy atom. The third-order valence-electron chi connectivity index (χ3n) is 27.8. The number of likely N-dealkylation sites (tertiary alicyclic amines) is 2. The van der Waals surface area contributed by atoms with Crippen LogP contribution in [0.4, 0.5) is 0 Å². The summed E-state index contributed by atoms with van der Waals surface area (Å²) in [6.07, 6.45) is -17.9. The van der Waals surface area contributed by atoms with E-state index in [2.05, 4.69) is 31.9 Å². The van der Waals surface area contributed by atoms with Crippen molar-refractivity contribution in [2.45, 2.75) is 355 Å². The standard InChI is InChI=1S/C92H158N8O34/c1-7-59-45-61(85(115)95-27-35-119-33-25-93-55(5)103)47-63(81(59)133-91-79(113)77(111)73(107)53(3)125-91)129-89-71(83(75(109)67(49-101)131-89)127-65(43-57-21-13-9-14-22-57)87(117)99-29-17-11-18-30-99)97-69(105)51-123-41-39-121-37-38-122-40-42-124-52-70(106)98-72-84(128-66(44-58-23-15-10-16-24-58)88(118)100-31-19-12-20-32-100)76(110)68(50-102)132-90(72)130-64-48-62(86(116)96-28-36-120-34-26-94-56(6)104)46-60(8-2)82(64)134-92-80(114)78(112)74(108)54(4)126-92/h53-54,57-68,71-84,89-92,101-102,107-114H,7-52H2,1-6H3,(H,93,103)(H,94,104)(H,95,115)(H,96,116)(H,97,105)(H,98,106)/t53-,54-,59-,60-,61+,62+,63+,64+,65-,66-,67+,68+,71+,72+,73+,74+,75-,76-,77+,78+,79-,80-,81+,82+,83+,84+,89+,90+,91-,92-/m0/s1. The van der Waals surface area contributed by atoms with Crippen molar-refractivity contribution in [1.82, 2.24) is 41.7 Å². The second-order valence-corrected chi connectivity index (χ2v) is 37.7. The van der Waals surface area contributed by atoms with Crippen molar-refractivity contribution in [1.29, 1.82) is 0 Å². The molecule has 0 spiro atoms. The first-order chi connectivity index (χ1) is 64.6. The highest BCUT2D eigenvalue weighted by Crippen LogP contribution is 2.44. The maximum atomic E-state index is 14.9. The average Bonchev–Trinajstić information content (AvgIpc) is 0.772. The molecule has 0 aromatic rings. The van der Waals surface area contributed by atoms with Gasteiger partial charge in [0.2, 0.25) is 35.4 Å². The van der Waals surface area contributed by atoms with Crippen molar-refractivity contribution in [2.75, 3.05) is 145 Å². The number of piperidine rings is 2. The summed E-state index contributed by atoms with van der Waals surface area (Å²) in [5.74, 6) is -5.59. The number of hydrogen-bond donors (Lipinski definition) is 16. The van der Waals surface area contributed by atoms with Crippen LogP contribution in [0.2, 0.25) is 0 Å². The van der Waals surface area contributed by atoms with Crippen molar-refractivity contribution < 1.29 is 165 Å². The molecule has 10 aliphatic rings. The van der Waals surface area contributed by atoms with E-state index in [0.29, 0.717) is 51.9 Å². The van der Waals surface area contributed by atoms with Gasteiger partial charge in [-0.1, -0.05) is 90.9 Å². The van der Waals surface area contributed by atoms with E-state index >= 15 is 0 Å². The van der Waals surface area contributed by atoms with Gasteiger partial charge in [-0.3, -0.25) is 38.4 Å². The van der Waals surface area contributed by atoms with E-state index < -0.39 is 221 Å². The van der Waals surface area contributed by atoms with E-state index in [-0.39, 0.29) is 165 Å². The van der Waals surface area contributed by atoms with Gasteiger partial charge in [0, 0.05) is 78.0 Å². The first-order valence-corrected chi connectivity index (χ1v) is 49.5. The Kier molecular flexibility index (Phi) is 47.6. The third-order valence-corrected chi connectivity index (χ3v) is 27.8. The van der Waals surface area contributed by atoms with E-state index in [1.165, 1.54) is 27.7 Å². The molecule has 42 heteroatoms. The molecule has 16 N–H and O–H groups in total. The summed E-state index contributed by atoms with van der Waals surface area (Å²) in [6.45, 7) is 9.89. The quantitative estimate of drug-likeness (QED) is 0.0301. The van der Waals surface area contributed by atoms with Gasteiger partial charge in [-0.25, -0.2) is 0 Å². The molecule has 770 valence electrons. The minimum Gasteiger partial charge on any atom is -0.394 e. The van der Waals surface area contributed by atoms with Crippen LogP contribution >= 0.6 is 0 Å². The van der Waals surface area contributed by atoms with E-state index in [0.717, 1.165) is 103 Å².